The third-order valence-corrected chi connectivity index (χ3v) is 3.95. The molecule has 2 nitrogen and oxygen atoms in total. The van der Waals surface area contributed by atoms with Gasteiger partial charge in [-0.3, -0.25) is 0 Å². The van der Waals surface area contributed by atoms with Crippen LogP contribution in [0.15, 0.2) is 25.7 Å². The lowest BCUT2D eigenvalue weighted by Crippen LogP contribution is -2.15. The van der Waals surface area contributed by atoms with Crippen molar-refractivity contribution >= 4 is 0 Å². The molecule has 104 valence electrons. The van der Waals surface area contributed by atoms with Crippen LogP contribution in [0.3, 0.4) is 0 Å². The molecule has 0 unspecified atom stereocenters. The average molecular weight is 252 g/mol. The fourth-order valence-corrected chi connectivity index (χ4v) is 2.89. The Morgan fingerprint density at radius 2 is 1.17 bits per heavy atom. The van der Waals surface area contributed by atoms with Gasteiger partial charge in [-0.25, -0.2) is 0 Å². The maximum atomic E-state index is 5.16. The Kier molecular flexibility index (Phi) is 8.45. The molecule has 1 aliphatic carbocycles. The van der Waals surface area contributed by atoms with Crippen molar-refractivity contribution in [3.8, 4) is 0 Å². The van der Waals surface area contributed by atoms with Gasteiger partial charge in [0.2, 0.25) is 0 Å². The fraction of sp³-hybridized carbons (Fsp3) is 0.750. The lowest BCUT2D eigenvalue weighted by molar-refractivity contribution is 0.194. The summed E-state index contributed by atoms with van der Waals surface area (Å²) >= 11 is 0. The van der Waals surface area contributed by atoms with E-state index in [0.717, 1.165) is 25.0 Å². The highest BCUT2D eigenvalue weighted by atomic mass is 16.5. The van der Waals surface area contributed by atoms with Gasteiger partial charge in [-0.2, -0.15) is 0 Å². The summed E-state index contributed by atoms with van der Waals surface area (Å²) in [6.45, 7) is 8.79. The van der Waals surface area contributed by atoms with Gasteiger partial charge in [0.05, 0.1) is 25.7 Å². The Hall–Kier alpha value is -0.920. The molecule has 0 atom stereocenters. The summed E-state index contributed by atoms with van der Waals surface area (Å²) < 4.78 is 10.3. The molecule has 0 aromatic heterocycles. The first-order valence-electron chi connectivity index (χ1n) is 7.31. The second kappa shape index (κ2) is 10.0. The lowest BCUT2D eigenvalue weighted by Gasteiger charge is -2.28. The van der Waals surface area contributed by atoms with Gasteiger partial charge < -0.3 is 9.47 Å². The highest BCUT2D eigenvalue weighted by molar-refractivity contribution is 4.73. The predicted molar refractivity (Wildman–Crippen MR) is 76.2 cm³/mol. The van der Waals surface area contributed by atoms with E-state index >= 15 is 0 Å². The summed E-state index contributed by atoms with van der Waals surface area (Å²) in [5, 5.41) is 0. The SMILES string of the molecule is C=COCCCC1CCC(CCCOC=C)CC1. The third kappa shape index (κ3) is 6.73. The van der Waals surface area contributed by atoms with E-state index in [2.05, 4.69) is 13.2 Å². The molecule has 1 aliphatic rings. The van der Waals surface area contributed by atoms with Gasteiger partial charge in [0.25, 0.3) is 0 Å². The van der Waals surface area contributed by atoms with Gasteiger partial charge in [-0.05, 0) is 37.5 Å². The monoisotopic (exact) mass is 252 g/mol. The quantitative estimate of drug-likeness (QED) is 0.415. The maximum Gasteiger partial charge on any atom is 0.0873 e. The van der Waals surface area contributed by atoms with E-state index < -0.39 is 0 Å². The molecule has 0 N–H and O–H groups in total. The van der Waals surface area contributed by atoms with Gasteiger partial charge in [-0.1, -0.05) is 38.8 Å². The average Bonchev–Trinajstić information content (AvgIpc) is 2.41. The van der Waals surface area contributed by atoms with Gasteiger partial charge in [-0.15, -0.1) is 0 Å². The highest BCUT2D eigenvalue weighted by Gasteiger charge is 2.20. The van der Waals surface area contributed by atoms with Crippen LogP contribution in [0.1, 0.15) is 51.4 Å². The Bertz CT molecular complexity index is 193. The number of rotatable bonds is 10. The lowest BCUT2D eigenvalue weighted by atomic mass is 9.78. The van der Waals surface area contributed by atoms with Crippen molar-refractivity contribution in [2.45, 2.75) is 51.4 Å². The zero-order chi connectivity index (χ0) is 13.1. The predicted octanol–water partition coefficient (Wildman–Crippen LogP) is 4.67. The number of ether oxygens (including phenoxy) is 2. The van der Waals surface area contributed by atoms with Crippen LogP contribution in [0.5, 0.6) is 0 Å². The van der Waals surface area contributed by atoms with Gasteiger partial charge in [0.1, 0.15) is 0 Å². The zero-order valence-corrected chi connectivity index (χ0v) is 11.6. The molecule has 0 aromatic carbocycles. The minimum atomic E-state index is 0.836. The van der Waals surface area contributed by atoms with Crippen LogP contribution in [0.25, 0.3) is 0 Å². The first-order valence-corrected chi connectivity index (χ1v) is 7.31. The molecule has 0 radical (unpaired) electrons. The minimum absolute atomic E-state index is 0.836. The van der Waals surface area contributed by atoms with E-state index in [0.29, 0.717) is 0 Å². The van der Waals surface area contributed by atoms with Crippen molar-refractivity contribution in [1.82, 2.24) is 0 Å². The smallest absolute Gasteiger partial charge is 0.0873 e. The summed E-state index contributed by atoms with van der Waals surface area (Å²) in [6.07, 6.45) is 13.7. The van der Waals surface area contributed by atoms with Crippen LogP contribution in [0, 0.1) is 11.8 Å². The normalized spacial score (nSPS) is 23.3. The second-order valence-electron chi connectivity index (χ2n) is 5.25. The highest BCUT2D eigenvalue weighted by Crippen LogP contribution is 2.33. The molecule has 0 amide bonds. The van der Waals surface area contributed by atoms with Crippen LogP contribution in [-0.4, -0.2) is 13.2 Å². The Balaban J connectivity index is 1.98. The van der Waals surface area contributed by atoms with Crippen molar-refractivity contribution in [3.05, 3.63) is 25.7 Å². The standard InChI is InChI=1S/C16H28O2/c1-3-17-13-5-7-15-9-11-16(12-10-15)8-6-14-18-4-2/h3-4,15-16H,1-2,5-14H2. The molecule has 0 aromatic rings. The topological polar surface area (TPSA) is 18.5 Å². The molecule has 1 fully saturated rings. The van der Waals surface area contributed by atoms with Crippen molar-refractivity contribution in [2.24, 2.45) is 11.8 Å². The van der Waals surface area contributed by atoms with Gasteiger partial charge >= 0.3 is 0 Å². The largest absolute Gasteiger partial charge is 0.502 e. The van der Waals surface area contributed by atoms with E-state index in [9.17, 15) is 0 Å². The molecule has 2 heteroatoms. The van der Waals surface area contributed by atoms with E-state index in [1.807, 2.05) is 0 Å². The van der Waals surface area contributed by atoms with Gasteiger partial charge in [0.15, 0.2) is 0 Å². The summed E-state index contributed by atoms with van der Waals surface area (Å²) in [4.78, 5) is 0. The molecule has 0 aliphatic heterocycles. The van der Waals surface area contributed by atoms with Crippen molar-refractivity contribution in [2.75, 3.05) is 13.2 Å². The maximum absolute atomic E-state index is 5.16. The van der Waals surface area contributed by atoms with Crippen molar-refractivity contribution in [3.63, 3.8) is 0 Å². The van der Waals surface area contributed by atoms with E-state index in [-0.39, 0.29) is 0 Å². The summed E-state index contributed by atoms with van der Waals surface area (Å²) in [5.74, 6) is 1.86. The van der Waals surface area contributed by atoms with Crippen LogP contribution in [0.2, 0.25) is 0 Å². The van der Waals surface area contributed by atoms with E-state index in [1.165, 1.54) is 51.4 Å². The Labute approximate surface area is 112 Å². The Morgan fingerprint density at radius 3 is 1.50 bits per heavy atom. The summed E-state index contributed by atoms with van der Waals surface area (Å²) in [5.41, 5.74) is 0. The summed E-state index contributed by atoms with van der Waals surface area (Å²) in [7, 11) is 0. The number of hydrogen-bond acceptors (Lipinski definition) is 2. The van der Waals surface area contributed by atoms with Crippen molar-refractivity contribution < 1.29 is 9.47 Å². The van der Waals surface area contributed by atoms with Crippen LogP contribution in [-0.2, 0) is 9.47 Å². The molecular formula is C16H28O2. The van der Waals surface area contributed by atoms with Gasteiger partial charge in [0, 0.05) is 0 Å². The first-order chi connectivity index (χ1) is 8.86. The molecule has 1 rings (SSSR count). The van der Waals surface area contributed by atoms with E-state index in [4.69, 9.17) is 9.47 Å². The van der Waals surface area contributed by atoms with Crippen LogP contribution < -0.4 is 0 Å². The second-order valence-corrected chi connectivity index (χ2v) is 5.25. The molecule has 0 spiro atoms. The van der Waals surface area contributed by atoms with E-state index in [1.54, 1.807) is 12.5 Å². The fourth-order valence-electron chi connectivity index (χ4n) is 2.89. The number of hydrogen-bond donors (Lipinski definition) is 0. The molecular weight excluding hydrogens is 224 g/mol. The molecule has 0 saturated heterocycles. The molecule has 0 heterocycles. The molecule has 18 heavy (non-hydrogen) atoms. The minimum Gasteiger partial charge on any atom is -0.502 e. The zero-order valence-electron chi connectivity index (χ0n) is 11.6. The van der Waals surface area contributed by atoms with Crippen molar-refractivity contribution in [1.29, 1.82) is 0 Å². The molecule has 0 bridgehead atoms. The summed E-state index contributed by atoms with van der Waals surface area (Å²) in [6, 6.07) is 0. The Morgan fingerprint density at radius 1 is 0.778 bits per heavy atom. The van der Waals surface area contributed by atoms with Crippen LogP contribution >= 0.6 is 0 Å². The van der Waals surface area contributed by atoms with Crippen LogP contribution in [0.4, 0.5) is 0 Å². The third-order valence-electron chi connectivity index (χ3n) is 3.95. The first kappa shape index (κ1) is 15.1. The molecule has 1 saturated carbocycles.